The highest BCUT2D eigenvalue weighted by Gasteiger charge is 2.01. The van der Waals surface area contributed by atoms with Gasteiger partial charge in [-0.2, -0.15) is 0 Å². The van der Waals surface area contributed by atoms with Crippen molar-refractivity contribution in [3.05, 3.63) is 35.9 Å². The summed E-state index contributed by atoms with van der Waals surface area (Å²) in [6.45, 7) is 0.435. The standard InChI is InChI=1S/C15H19NO4/c1-19-13-7-4-3-6-12(13)9-10-14(17)16-11-5-8-15(18)20-2/h3-4,6-7,9-10H,5,8,11H2,1-2H3,(H,16,17)/b10-9+. The van der Waals surface area contributed by atoms with Crippen LogP contribution in [0.1, 0.15) is 18.4 Å². The van der Waals surface area contributed by atoms with Gasteiger partial charge in [-0.3, -0.25) is 9.59 Å². The minimum Gasteiger partial charge on any atom is -0.496 e. The second-order valence-electron chi connectivity index (χ2n) is 4.05. The van der Waals surface area contributed by atoms with Crippen LogP contribution in [0.5, 0.6) is 5.75 Å². The number of benzene rings is 1. The lowest BCUT2D eigenvalue weighted by Gasteiger charge is -2.04. The Kier molecular flexibility index (Phi) is 6.89. The molecular formula is C15H19NO4. The van der Waals surface area contributed by atoms with Gasteiger partial charge < -0.3 is 14.8 Å². The number of esters is 1. The Bertz CT molecular complexity index is 483. The fraction of sp³-hybridized carbons (Fsp3) is 0.333. The largest absolute Gasteiger partial charge is 0.496 e. The van der Waals surface area contributed by atoms with Crippen molar-refractivity contribution in [2.24, 2.45) is 0 Å². The summed E-state index contributed by atoms with van der Waals surface area (Å²) in [6.07, 6.45) is 3.98. The van der Waals surface area contributed by atoms with E-state index in [4.69, 9.17) is 4.74 Å². The third-order valence-corrected chi connectivity index (χ3v) is 2.64. The third kappa shape index (κ3) is 5.56. The number of nitrogens with one attached hydrogen (secondary N) is 1. The van der Waals surface area contributed by atoms with E-state index in [0.29, 0.717) is 25.1 Å². The topological polar surface area (TPSA) is 64.6 Å². The number of para-hydroxylation sites is 1. The number of methoxy groups -OCH3 is 2. The molecule has 0 unspecified atom stereocenters. The van der Waals surface area contributed by atoms with Crippen molar-refractivity contribution >= 4 is 18.0 Å². The number of carbonyl (C=O) groups is 2. The van der Waals surface area contributed by atoms with Gasteiger partial charge in [0.05, 0.1) is 14.2 Å². The molecule has 20 heavy (non-hydrogen) atoms. The lowest BCUT2D eigenvalue weighted by molar-refractivity contribution is -0.140. The summed E-state index contributed by atoms with van der Waals surface area (Å²) >= 11 is 0. The summed E-state index contributed by atoms with van der Waals surface area (Å²) in [4.78, 5) is 22.5. The Balaban J connectivity index is 2.38. The van der Waals surface area contributed by atoms with Crippen LogP contribution in [0.2, 0.25) is 0 Å². The Morgan fingerprint density at radius 2 is 2.00 bits per heavy atom. The fourth-order valence-electron chi connectivity index (χ4n) is 1.57. The van der Waals surface area contributed by atoms with E-state index in [-0.39, 0.29) is 11.9 Å². The predicted molar refractivity (Wildman–Crippen MR) is 76.3 cm³/mol. The normalized spacial score (nSPS) is 10.3. The van der Waals surface area contributed by atoms with Crippen LogP contribution in [-0.4, -0.2) is 32.6 Å². The van der Waals surface area contributed by atoms with Gasteiger partial charge in [-0.15, -0.1) is 0 Å². The molecule has 0 heterocycles. The maximum atomic E-state index is 11.6. The minimum absolute atomic E-state index is 0.208. The number of rotatable bonds is 7. The minimum atomic E-state index is -0.274. The molecule has 0 fully saturated rings. The van der Waals surface area contributed by atoms with E-state index in [1.165, 1.54) is 13.2 Å². The maximum Gasteiger partial charge on any atom is 0.305 e. The molecule has 0 aliphatic rings. The summed E-state index contributed by atoms with van der Waals surface area (Å²) in [7, 11) is 2.93. The van der Waals surface area contributed by atoms with Crippen molar-refractivity contribution in [2.75, 3.05) is 20.8 Å². The van der Waals surface area contributed by atoms with E-state index in [9.17, 15) is 9.59 Å². The van der Waals surface area contributed by atoms with Crippen molar-refractivity contribution in [1.82, 2.24) is 5.32 Å². The van der Waals surface area contributed by atoms with Crippen molar-refractivity contribution in [3.63, 3.8) is 0 Å². The first-order valence-corrected chi connectivity index (χ1v) is 6.33. The number of hydrogen-bond donors (Lipinski definition) is 1. The smallest absolute Gasteiger partial charge is 0.305 e. The molecule has 5 nitrogen and oxygen atoms in total. The Hall–Kier alpha value is -2.30. The van der Waals surface area contributed by atoms with Gasteiger partial charge in [0.2, 0.25) is 5.91 Å². The molecule has 1 N–H and O–H groups in total. The molecule has 1 amide bonds. The van der Waals surface area contributed by atoms with Crippen LogP contribution in [-0.2, 0) is 14.3 Å². The van der Waals surface area contributed by atoms with Gasteiger partial charge in [-0.1, -0.05) is 18.2 Å². The zero-order valence-corrected chi connectivity index (χ0v) is 11.7. The van der Waals surface area contributed by atoms with Gasteiger partial charge in [0.15, 0.2) is 0 Å². The summed E-state index contributed by atoms with van der Waals surface area (Å²) in [5, 5.41) is 2.70. The number of carbonyl (C=O) groups excluding carboxylic acids is 2. The molecule has 108 valence electrons. The lowest BCUT2D eigenvalue weighted by atomic mass is 10.2. The van der Waals surface area contributed by atoms with Gasteiger partial charge in [0, 0.05) is 24.6 Å². The quantitative estimate of drug-likeness (QED) is 0.469. The van der Waals surface area contributed by atoms with Crippen LogP contribution in [0.25, 0.3) is 6.08 Å². The molecule has 0 spiro atoms. The number of amides is 1. The molecule has 0 atom stereocenters. The molecule has 1 aromatic carbocycles. The Morgan fingerprint density at radius 1 is 1.25 bits per heavy atom. The molecule has 0 saturated carbocycles. The van der Waals surface area contributed by atoms with Gasteiger partial charge in [-0.05, 0) is 18.6 Å². The molecule has 5 heteroatoms. The predicted octanol–water partition coefficient (Wildman–Crippen LogP) is 1.78. The van der Waals surface area contributed by atoms with E-state index in [1.807, 2.05) is 24.3 Å². The molecule has 0 saturated heterocycles. The van der Waals surface area contributed by atoms with Gasteiger partial charge in [0.25, 0.3) is 0 Å². The average molecular weight is 277 g/mol. The summed E-state index contributed by atoms with van der Waals surface area (Å²) in [5.74, 6) is 0.229. The highest BCUT2D eigenvalue weighted by Crippen LogP contribution is 2.18. The van der Waals surface area contributed by atoms with Gasteiger partial charge in [-0.25, -0.2) is 0 Å². The van der Waals surface area contributed by atoms with Crippen LogP contribution in [0.15, 0.2) is 30.3 Å². The Labute approximate surface area is 118 Å². The molecule has 1 aromatic rings. The van der Waals surface area contributed by atoms with E-state index >= 15 is 0 Å². The zero-order valence-electron chi connectivity index (χ0n) is 11.7. The third-order valence-electron chi connectivity index (χ3n) is 2.64. The van der Waals surface area contributed by atoms with E-state index in [2.05, 4.69) is 10.1 Å². The number of hydrogen-bond acceptors (Lipinski definition) is 4. The van der Waals surface area contributed by atoms with E-state index in [0.717, 1.165) is 5.56 Å². The second kappa shape index (κ2) is 8.74. The zero-order chi connectivity index (χ0) is 14.8. The van der Waals surface area contributed by atoms with Crippen molar-refractivity contribution < 1.29 is 19.1 Å². The lowest BCUT2D eigenvalue weighted by Crippen LogP contribution is -2.22. The van der Waals surface area contributed by atoms with Crippen molar-refractivity contribution in [2.45, 2.75) is 12.8 Å². The van der Waals surface area contributed by atoms with E-state index < -0.39 is 0 Å². The van der Waals surface area contributed by atoms with Crippen LogP contribution >= 0.6 is 0 Å². The number of ether oxygens (including phenoxy) is 2. The highest BCUT2D eigenvalue weighted by atomic mass is 16.5. The van der Waals surface area contributed by atoms with Gasteiger partial charge in [0.1, 0.15) is 5.75 Å². The van der Waals surface area contributed by atoms with Crippen molar-refractivity contribution in [3.8, 4) is 5.75 Å². The van der Waals surface area contributed by atoms with Crippen LogP contribution < -0.4 is 10.1 Å². The molecule has 0 radical (unpaired) electrons. The van der Waals surface area contributed by atoms with Crippen LogP contribution in [0, 0.1) is 0 Å². The molecule has 0 aliphatic heterocycles. The molecule has 0 bridgehead atoms. The maximum absolute atomic E-state index is 11.6. The SMILES string of the molecule is COC(=O)CCCNC(=O)/C=C/c1ccccc1OC. The molecular weight excluding hydrogens is 258 g/mol. The second-order valence-corrected chi connectivity index (χ2v) is 4.05. The first-order chi connectivity index (χ1) is 9.67. The van der Waals surface area contributed by atoms with Gasteiger partial charge >= 0.3 is 5.97 Å². The van der Waals surface area contributed by atoms with E-state index in [1.54, 1.807) is 13.2 Å². The molecule has 0 aliphatic carbocycles. The van der Waals surface area contributed by atoms with Crippen LogP contribution in [0.3, 0.4) is 0 Å². The molecule has 0 aromatic heterocycles. The first-order valence-electron chi connectivity index (χ1n) is 6.33. The molecule has 1 rings (SSSR count). The monoisotopic (exact) mass is 277 g/mol. The summed E-state index contributed by atoms with van der Waals surface area (Å²) in [6, 6.07) is 7.42. The highest BCUT2D eigenvalue weighted by molar-refractivity contribution is 5.92. The van der Waals surface area contributed by atoms with Crippen molar-refractivity contribution in [1.29, 1.82) is 0 Å². The fourth-order valence-corrected chi connectivity index (χ4v) is 1.57. The van der Waals surface area contributed by atoms with Crippen LogP contribution in [0.4, 0.5) is 0 Å². The average Bonchev–Trinajstić information content (AvgIpc) is 2.49. The Morgan fingerprint density at radius 3 is 2.70 bits per heavy atom. The first kappa shape index (κ1) is 15.8. The summed E-state index contributed by atoms with van der Waals surface area (Å²) in [5.41, 5.74) is 0.833. The summed E-state index contributed by atoms with van der Waals surface area (Å²) < 4.78 is 9.69.